The van der Waals surface area contributed by atoms with Crippen molar-refractivity contribution in [1.82, 2.24) is 9.88 Å². The van der Waals surface area contributed by atoms with E-state index in [2.05, 4.69) is 30.4 Å². The summed E-state index contributed by atoms with van der Waals surface area (Å²) >= 11 is 0. The van der Waals surface area contributed by atoms with Crippen LogP contribution in [-0.2, 0) is 9.53 Å². The van der Waals surface area contributed by atoms with Gasteiger partial charge >= 0.3 is 0 Å². The Hall–Kier alpha value is -2.93. The minimum Gasteiger partial charge on any atom is -0.384 e. The number of anilines is 1. The van der Waals surface area contributed by atoms with Gasteiger partial charge in [-0.1, -0.05) is 32.4 Å². The zero-order chi connectivity index (χ0) is 22.3. The largest absolute Gasteiger partial charge is 0.384 e. The van der Waals surface area contributed by atoms with Crippen LogP contribution in [0.5, 0.6) is 0 Å². The Morgan fingerprint density at radius 2 is 2.07 bits per heavy atom. The lowest BCUT2D eigenvalue weighted by Gasteiger charge is -2.38. The molecule has 1 fully saturated rings. The molecular weight excluding hydrogens is 378 g/mol. The molecule has 0 spiro atoms. The first-order valence-corrected chi connectivity index (χ1v) is 10.4. The third-order valence-electron chi connectivity index (χ3n) is 4.59. The van der Waals surface area contributed by atoms with Crippen molar-refractivity contribution in [2.75, 3.05) is 18.9 Å². The molecule has 1 amide bonds. The van der Waals surface area contributed by atoms with Gasteiger partial charge in [-0.3, -0.25) is 9.69 Å². The Balaban J connectivity index is 0.00000101. The number of amides is 1. The first kappa shape index (κ1) is 23.3. The van der Waals surface area contributed by atoms with Crippen LogP contribution < -0.4 is 11.5 Å². The predicted octanol–water partition coefficient (Wildman–Crippen LogP) is 3.65. The fourth-order valence-corrected chi connectivity index (χ4v) is 3.28. The lowest BCUT2D eigenvalue weighted by atomic mass is 9.93. The van der Waals surface area contributed by atoms with E-state index in [1.807, 2.05) is 19.9 Å². The van der Waals surface area contributed by atoms with Crippen LogP contribution in [0.25, 0.3) is 5.57 Å². The fourth-order valence-electron chi connectivity index (χ4n) is 3.28. The summed E-state index contributed by atoms with van der Waals surface area (Å²) in [6, 6.07) is 3.38. The van der Waals surface area contributed by atoms with E-state index in [1.165, 1.54) is 6.42 Å². The maximum absolute atomic E-state index is 13.4. The number of nitrogen functional groups attached to an aromatic ring is 1. The second-order valence-corrected chi connectivity index (χ2v) is 7.62. The molecule has 1 saturated heterocycles. The molecule has 1 unspecified atom stereocenters. The molecule has 0 bridgehead atoms. The van der Waals surface area contributed by atoms with E-state index in [0.717, 1.165) is 24.0 Å². The van der Waals surface area contributed by atoms with Crippen molar-refractivity contribution in [2.24, 2.45) is 10.7 Å². The van der Waals surface area contributed by atoms with E-state index in [-0.39, 0.29) is 17.8 Å². The standard InChI is InChI=1S/C20H25N5O2.C3H8/c1-12(2)16-9-17(14-6-7-18(22)23-10-14)20(26)25(19(16)24-13(3)21)15-5-4-8-27-11-15;1-3-2/h6-7,9-10,15H,3-5,8,11,21H2,1-2H3,(H2,22,23);3H2,1-2H3/b24-19+;. The van der Waals surface area contributed by atoms with Crippen LogP contribution in [0.2, 0.25) is 0 Å². The minimum absolute atomic E-state index is 0.107. The number of aromatic nitrogens is 1. The lowest BCUT2D eigenvalue weighted by molar-refractivity contribution is -0.125. The number of hydrogen-bond acceptors (Lipinski definition) is 6. The number of ether oxygens (including phenoxy) is 1. The van der Waals surface area contributed by atoms with Gasteiger partial charge < -0.3 is 16.2 Å². The summed E-state index contributed by atoms with van der Waals surface area (Å²) in [4.78, 5) is 23.7. The molecule has 0 saturated carbocycles. The number of hydrogen-bond donors (Lipinski definition) is 2. The third kappa shape index (κ3) is 5.57. The van der Waals surface area contributed by atoms with E-state index in [4.69, 9.17) is 16.2 Å². The van der Waals surface area contributed by atoms with Crippen LogP contribution in [0.3, 0.4) is 0 Å². The summed E-state index contributed by atoms with van der Waals surface area (Å²) in [7, 11) is 0. The smallest absolute Gasteiger partial charge is 0.260 e. The Labute approximate surface area is 179 Å². The van der Waals surface area contributed by atoms with Gasteiger partial charge in [0.05, 0.1) is 12.6 Å². The average molecular weight is 412 g/mol. The first-order chi connectivity index (χ1) is 14.3. The van der Waals surface area contributed by atoms with E-state index < -0.39 is 0 Å². The molecule has 7 nitrogen and oxygen atoms in total. The molecule has 2 aliphatic heterocycles. The van der Waals surface area contributed by atoms with Gasteiger partial charge in [-0.15, -0.1) is 0 Å². The normalized spacial score (nSPS) is 20.4. The highest BCUT2D eigenvalue weighted by Crippen LogP contribution is 2.31. The zero-order valence-electron chi connectivity index (χ0n) is 18.4. The molecule has 0 aromatic carbocycles. The number of rotatable bonds is 3. The molecule has 1 atom stereocenters. The lowest BCUT2D eigenvalue weighted by Crippen LogP contribution is -2.51. The number of nitrogens with two attached hydrogens (primary N) is 2. The Morgan fingerprint density at radius 3 is 2.57 bits per heavy atom. The second-order valence-electron chi connectivity index (χ2n) is 7.62. The molecule has 1 aromatic heterocycles. The van der Waals surface area contributed by atoms with Gasteiger partial charge in [-0.2, -0.15) is 0 Å². The zero-order valence-corrected chi connectivity index (χ0v) is 18.4. The highest BCUT2D eigenvalue weighted by atomic mass is 16.5. The van der Waals surface area contributed by atoms with Gasteiger partial charge in [0.15, 0.2) is 0 Å². The molecule has 2 aliphatic rings. The van der Waals surface area contributed by atoms with Crippen molar-refractivity contribution < 1.29 is 9.53 Å². The molecule has 7 heteroatoms. The van der Waals surface area contributed by atoms with E-state index in [0.29, 0.717) is 36.0 Å². The van der Waals surface area contributed by atoms with Gasteiger partial charge in [0, 0.05) is 29.5 Å². The maximum atomic E-state index is 13.4. The van der Waals surface area contributed by atoms with Crippen molar-refractivity contribution in [1.29, 1.82) is 0 Å². The van der Waals surface area contributed by atoms with Gasteiger partial charge in [0.2, 0.25) is 0 Å². The summed E-state index contributed by atoms with van der Waals surface area (Å²) in [5.41, 5.74) is 14.6. The highest BCUT2D eigenvalue weighted by Gasteiger charge is 2.37. The van der Waals surface area contributed by atoms with Crippen LogP contribution in [-0.4, -0.2) is 40.9 Å². The summed E-state index contributed by atoms with van der Waals surface area (Å²) in [5, 5.41) is 0. The second kappa shape index (κ2) is 10.7. The van der Waals surface area contributed by atoms with Gasteiger partial charge in [0.1, 0.15) is 17.5 Å². The van der Waals surface area contributed by atoms with Crippen LogP contribution in [0.15, 0.2) is 52.9 Å². The first-order valence-electron chi connectivity index (χ1n) is 10.4. The molecule has 1 aromatic rings. The Kier molecular flexibility index (Phi) is 8.35. The Morgan fingerprint density at radius 1 is 1.37 bits per heavy atom. The van der Waals surface area contributed by atoms with Crippen LogP contribution in [0, 0.1) is 0 Å². The van der Waals surface area contributed by atoms with E-state index >= 15 is 0 Å². The topological polar surface area (TPSA) is 107 Å². The van der Waals surface area contributed by atoms with Gasteiger partial charge in [-0.05, 0) is 44.9 Å². The molecule has 3 heterocycles. The molecule has 3 rings (SSSR count). The number of nitrogens with zero attached hydrogens (tertiary/aromatic N) is 3. The van der Waals surface area contributed by atoms with E-state index in [9.17, 15) is 4.79 Å². The molecule has 30 heavy (non-hydrogen) atoms. The number of pyridine rings is 1. The number of carbonyl (C=O) groups is 1. The summed E-state index contributed by atoms with van der Waals surface area (Å²) < 4.78 is 5.62. The average Bonchev–Trinajstić information content (AvgIpc) is 2.70. The van der Waals surface area contributed by atoms with Crippen molar-refractivity contribution in [2.45, 2.75) is 53.0 Å². The Bertz CT molecular complexity index is 858. The molecule has 0 aliphatic carbocycles. The SMILES string of the molecule is C=C(N)/N=C1\C(=C(C)C)C=C(c2ccc(N)nc2)C(=O)N1C1CCCOC1.CCC. The summed E-state index contributed by atoms with van der Waals surface area (Å²) in [5.74, 6) is 0.936. The fraction of sp³-hybridized carbons (Fsp3) is 0.435. The van der Waals surface area contributed by atoms with Crippen molar-refractivity contribution in [3.63, 3.8) is 0 Å². The number of amidine groups is 1. The van der Waals surface area contributed by atoms with E-state index in [1.54, 1.807) is 23.2 Å². The summed E-state index contributed by atoms with van der Waals surface area (Å²) in [6.45, 7) is 13.1. The quantitative estimate of drug-likeness (QED) is 0.789. The molecule has 4 N–H and O–H groups in total. The van der Waals surface area contributed by atoms with Crippen LogP contribution in [0.4, 0.5) is 5.82 Å². The van der Waals surface area contributed by atoms with Gasteiger partial charge in [0.25, 0.3) is 5.91 Å². The maximum Gasteiger partial charge on any atom is 0.260 e. The predicted molar refractivity (Wildman–Crippen MR) is 122 cm³/mol. The third-order valence-corrected chi connectivity index (χ3v) is 4.59. The number of carbonyl (C=O) groups excluding carboxylic acids is 1. The number of allylic oxidation sites excluding steroid dienone is 1. The summed E-state index contributed by atoms with van der Waals surface area (Å²) in [6.07, 6.45) is 6.43. The monoisotopic (exact) mass is 411 g/mol. The van der Waals surface area contributed by atoms with Crippen molar-refractivity contribution in [3.05, 3.63) is 53.5 Å². The molecule has 162 valence electrons. The number of aliphatic imine (C=N–C) groups is 1. The van der Waals surface area contributed by atoms with Crippen molar-refractivity contribution in [3.8, 4) is 0 Å². The molecule has 0 radical (unpaired) electrons. The highest BCUT2D eigenvalue weighted by molar-refractivity contribution is 6.31. The van der Waals surface area contributed by atoms with Crippen LogP contribution >= 0.6 is 0 Å². The molecular formula is C23H33N5O2. The van der Waals surface area contributed by atoms with Crippen molar-refractivity contribution >= 4 is 23.1 Å². The minimum atomic E-state index is -0.151. The van der Waals surface area contributed by atoms with Gasteiger partial charge in [-0.25, -0.2) is 9.98 Å². The van der Waals surface area contributed by atoms with Crippen LogP contribution in [0.1, 0.15) is 52.5 Å².